The molecule has 36 heavy (non-hydrogen) atoms. The van der Waals surface area contributed by atoms with Crippen LogP contribution in [0.15, 0.2) is 77.7 Å². The number of morpholine rings is 1. The Morgan fingerprint density at radius 3 is 2.08 bits per heavy atom. The highest BCUT2D eigenvalue weighted by Crippen LogP contribution is 2.44. The molecule has 0 saturated carbocycles. The van der Waals surface area contributed by atoms with Crippen LogP contribution in [0.2, 0.25) is 0 Å². The van der Waals surface area contributed by atoms with Crippen molar-refractivity contribution in [2.75, 3.05) is 38.2 Å². The number of ether oxygens (including phenoxy) is 3. The van der Waals surface area contributed by atoms with Crippen molar-refractivity contribution < 1.29 is 32.2 Å². The maximum atomic E-state index is 13.0. The monoisotopic (exact) mass is 508 g/mol. The summed E-state index contributed by atoms with van der Waals surface area (Å²) in [6.45, 7) is 0.825. The van der Waals surface area contributed by atoms with Crippen molar-refractivity contribution in [3.63, 3.8) is 0 Å². The van der Waals surface area contributed by atoms with Crippen LogP contribution in [-0.4, -0.2) is 57.5 Å². The fraction of sp³-hybridized carbons (Fsp3) is 0.231. The summed E-state index contributed by atoms with van der Waals surface area (Å²) >= 11 is 0. The van der Waals surface area contributed by atoms with Gasteiger partial charge in [-0.05, 0) is 36.4 Å². The first-order chi connectivity index (χ1) is 17.4. The van der Waals surface area contributed by atoms with Gasteiger partial charge in [0.15, 0.2) is 6.61 Å². The second kappa shape index (κ2) is 10.1. The van der Waals surface area contributed by atoms with Crippen molar-refractivity contribution >= 4 is 27.6 Å². The molecule has 2 heterocycles. The number of benzene rings is 3. The SMILES string of the molecule is O=C(COC(=O)C1c2ccccc2Oc2ccccc21)Nc1ccc(S(=O)(=O)N2CCOCC2)cc1. The second-order valence-corrected chi connectivity index (χ2v) is 10.2. The largest absolute Gasteiger partial charge is 0.457 e. The Morgan fingerprint density at radius 1 is 0.889 bits per heavy atom. The molecular weight excluding hydrogens is 484 g/mol. The molecule has 1 amide bonds. The number of rotatable bonds is 6. The smallest absolute Gasteiger partial charge is 0.318 e. The molecule has 0 bridgehead atoms. The van der Waals surface area contributed by atoms with Crippen LogP contribution in [0.1, 0.15) is 17.0 Å². The second-order valence-electron chi connectivity index (χ2n) is 8.31. The van der Waals surface area contributed by atoms with Gasteiger partial charge < -0.3 is 19.5 Å². The van der Waals surface area contributed by atoms with Crippen LogP contribution in [0.5, 0.6) is 11.5 Å². The summed E-state index contributed by atoms with van der Waals surface area (Å²) in [7, 11) is -3.63. The molecule has 0 aliphatic carbocycles. The topological polar surface area (TPSA) is 111 Å². The number of para-hydroxylation sites is 2. The molecular formula is C26H24N2O7S. The highest BCUT2D eigenvalue weighted by Gasteiger charge is 2.34. The first-order valence-corrected chi connectivity index (χ1v) is 12.9. The molecule has 0 radical (unpaired) electrons. The van der Waals surface area contributed by atoms with Crippen LogP contribution < -0.4 is 10.1 Å². The van der Waals surface area contributed by atoms with Gasteiger partial charge in [0.1, 0.15) is 17.4 Å². The highest BCUT2D eigenvalue weighted by atomic mass is 32.2. The molecule has 3 aromatic carbocycles. The van der Waals surface area contributed by atoms with Gasteiger partial charge in [0.2, 0.25) is 10.0 Å². The third-order valence-electron chi connectivity index (χ3n) is 6.01. The highest BCUT2D eigenvalue weighted by molar-refractivity contribution is 7.89. The minimum atomic E-state index is -3.63. The molecule has 1 fully saturated rings. The van der Waals surface area contributed by atoms with Gasteiger partial charge in [-0.15, -0.1) is 0 Å². The molecule has 0 spiro atoms. The molecule has 10 heteroatoms. The molecule has 0 atom stereocenters. The number of fused-ring (bicyclic) bond motifs is 2. The number of nitrogens with one attached hydrogen (secondary N) is 1. The summed E-state index contributed by atoms with van der Waals surface area (Å²) in [6, 6.07) is 20.3. The van der Waals surface area contributed by atoms with E-state index in [9.17, 15) is 18.0 Å². The molecule has 2 aliphatic heterocycles. The Labute approximate surface area is 208 Å². The predicted molar refractivity (Wildman–Crippen MR) is 130 cm³/mol. The van der Waals surface area contributed by atoms with Gasteiger partial charge in [0, 0.05) is 29.9 Å². The van der Waals surface area contributed by atoms with Gasteiger partial charge in [0.25, 0.3) is 5.91 Å². The van der Waals surface area contributed by atoms with Crippen LogP contribution >= 0.6 is 0 Å². The average molecular weight is 509 g/mol. The van der Waals surface area contributed by atoms with Crippen LogP contribution in [0.25, 0.3) is 0 Å². The predicted octanol–water partition coefficient (Wildman–Crippen LogP) is 3.13. The summed E-state index contributed by atoms with van der Waals surface area (Å²) in [5.74, 6) is -0.700. The number of hydrogen-bond acceptors (Lipinski definition) is 7. The van der Waals surface area contributed by atoms with Crippen LogP contribution in [0.4, 0.5) is 5.69 Å². The molecule has 1 N–H and O–H groups in total. The lowest BCUT2D eigenvalue weighted by molar-refractivity contribution is -0.148. The molecule has 5 rings (SSSR count). The van der Waals surface area contributed by atoms with Gasteiger partial charge in [-0.1, -0.05) is 36.4 Å². The van der Waals surface area contributed by atoms with Crippen LogP contribution in [0, 0.1) is 0 Å². The maximum absolute atomic E-state index is 13.0. The van der Waals surface area contributed by atoms with Crippen molar-refractivity contribution in [3.05, 3.63) is 83.9 Å². The number of esters is 1. The Bertz CT molecular complexity index is 1340. The van der Waals surface area contributed by atoms with E-state index in [0.29, 0.717) is 54.6 Å². The molecule has 186 valence electrons. The zero-order valence-electron chi connectivity index (χ0n) is 19.3. The number of hydrogen-bond donors (Lipinski definition) is 1. The molecule has 0 aromatic heterocycles. The normalized spacial score (nSPS) is 15.8. The molecule has 1 saturated heterocycles. The third-order valence-corrected chi connectivity index (χ3v) is 7.92. The van der Waals surface area contributed by atoms with E-state index in [4.69, 9.17) is 14.2 Å². The minimum absolute atomic E-state index is 0.130. The first-order valence-electron chi connectivity index (χ1n) is 11.4. The van der Waals surface area contributed by atoms with E-state index in [2.05, 4.69) is 5.32 Å². The molecule has 9 nitrogen and oxygen atoms in total. The quantitative estimate of drug-likeness (QED) is 0.509. The Morgan fingerprint density at radius 2 is 1.47 bits per heavy atom. The zero-order valence-corrected chi connectivity index (χ0v) is 20.1. The van der Waals surface area contributed by atoms with Crippen LogP contribution in [0.3, 0.4) is 0 Å². The molecule has 0 unspecified atom stereocenters. The van der Waals surface area contributed by atoms with E-state index < -0.39 is 34.4 Å². The fourth-order valence-electron chi connectivity index (χ4n) is 4.23. The summed E-state index contributed by atoms with van der Waals surface area (Å²) < 4.78 is 43.3. The zero-order chi connectivity index (χ0) is 25.1. The van der Waals surface area contributed by atoms with Crippen LogP contribution in [-0.2, 0) is 29.1 Å². The summed E-state index contributed by atoms with van der Waals surface area (Å²) in [6.07, 6.45) is 0. The summed E-state index contributed by atoms with van der Waals surface area (Å²) in [4.78, 5) is 25.6. The van der Waals surface area contributed by atoms with E-state index >= 15 is 0 Å². The van der Waals surface area contributed by atoms with Crippen molar-refractivity contribution in [2.24, 2.45) is 0 Å². The number of sulfonamides is 1. The van der Waals surface area contributed by atoms with Gasteiger partial charge in [-0.2, -0.15) is 4.31 Å². The van der Waals surface area contributed by atoms with Crippen molar-refractivity contribution in [1.29, 1.82) is 0 Å². The van der Waals surface area contributed by atoms with Gasteiger partial charge >= 0.3 is 5.97 Å². The number of amides is 1. The average Bonchev–Trinajstić information content (AvgIpc) is 2.91. The first kappa shape index (κ1) is 24.0. The van der Waals surface area contributed by atoms with Crippen molar-refractivity contribution in [2.45, 2.75) is 10.8 Å². The van der Waals surface area contributed by atoms with Gasteiger partial charge in [-0.3, -0.25) is 9.59 Å². The molecule has 2 aliphatic rings. The lowest BCUT2D eigenvalue weighted by Crippen LogP contribution is -2.40. The van der Waals surface area contributed by atoms with E-state index in [1.807, 2.05) is 24.3 Å². The Kier molecular flexibility index (Phi) is 6.73. The van der Waals surface area contributed by atoms with E-state index in [0.717, 1.165) is 0 Å². The van der Waals surface area contributed by atoms with E-state index in [-0.39, 0.29) is 4.90 Å². The summed E-state index contributed by atoms with van der Waals surface area (Å²) in [5.41, 5.74) is 1.72. The van der Waals surface area contributed by atoms with E-state index in [1.165, 1.54) is 28.6 Å². The minimum Gasteiger partial charge on any atom is -0.457 e. The van der Waals surface area contributed by atoms with Gasteiger partial charge in [0.05, 0.1) is 18.1 Å². The standard InChI is InChI=1S/C26H24N2O7S/c29-24(27-18-9-11-19(12-10-18)36(31,32)28-13-15-33-16-14-28)17-34-26(30)25-20-5-1-3-7-22(20)35-23-8-4-2-6-21(23)25/h1-12,25H,13-17H2,(H,27,29). The Hall–Kier alpha value is -3.73. The van der Waals surface area contributed by atoms with Gasteiger partial charge in [-0.25, -0.2) is 8.42 Å². The lowest BCUT2D eigenvalue weighted by Gasteiger charge is -2.26. The number of carbonyl (C=O) groups is 2. The number of nitrogens with zero attached hydrogens (tertiary/aromatic N) is 1. The van der Waals surface area contributed by atoms with E-state index in [1.54, 1.807) is 24.3 Å². The third kappa shape index (κ3) is 4.83. The fourth-order valence-corrected chi connectivity index (χ4v) is 5.64. The maximum Gasteiger partial charge on any atom is 0.318 e. The Balaban J connectivity index is 1.22. The van der Waals surface area contributed by atoms with Crippen molar-refractivity contribution in [1.82, 2.24) is 4.31 Å². The molecule has 3 aromatic rings. The lowest BCUT2D eigenvalue weighted by atomic mass is 9.88. The van der Waals surface area contributed by atoms with Crippen molar-refractivity contribution in [3.8, 4) is 11.5 Å². The summed E-state index contributed by atoms with van der Waals surface area (Å²) in [5, 5.41) is 2.63. The number of carbonyl (C=O) groups excluding carboxylic acids is 2. The number of anilines is 1.